The maximum absolute atomic E-state index is 9.96. The van der Waals surface area contributed by atoms with E-state index >= 15 is 0 Å². The fourth-order valence-electron chi connectivity index (χ4n) is 2.99. The number of aliphatic imine (C=N–C) groups is 1. The van der Waals surface area contributed by atoms with Gasteiger partial charge in [0, 0.05) is 43.2 Å². The maximum atomic E-state index is 9.96. The molecule has 2 aromatic heterocycles. The summed E-state index contributed by atoms with van der Waals surface area (Å²) in [7, 11) is 0. The predicted molar refractivity (Wildman–Crippen MR) is 89.8 cm³/mol. The van der Waals surface area contributed by atoms with Gasteiger partial charge in [-0.3, -0.25) is 14.6 Å². The number of nitrogens with zero attached hydrogens (tertiary/aromatic N) is 5. The first-order chi connectivity index (χ1) is 11.8. The van der Waals surface area contributed by atoms with Gasteiger partial charge >= 0.3 is 0 Å². The lowest BCUT2D eigenvalue weighted by Crippen LogP contribution is -2.38. The molecular formula is C16H20N6O2. The van der Waals surface area contributed by atoms with Crippen LogP contribution in [-0.4, -0.2) is 64.0 Å². The van der Waals surface area contributed by atoms with Gasteiger partial charge in [0.25, 0.3) is 0 Å². The van der Waals surface area contributed by atoms with Crippen LogP contribution < -0.4 is 5.32 Å². The number of aromatic nitrogens is 3. The van der Waals surface area contributed by atoms with Crippen LogP contribution in [0.5, 0.6) is 0 Å². The van der Waals surface area contributed by atoms with Crippen LogP contribution in [0.4, 0.5) is 5.69 Å². The molecule has 0 amide bonds. The number of ether oxygens (including phenoxy) is 1. The van der Waals surface area contributed by atoms with Crippen molar-refractivity contribution in [2.45, 2.75) is 12.8 Å². The van der Waals surface area contributed by atoms with Crippen LogP contribution in [0.3, 0.4) is 0 Å². The highest BCUT2D eigenvalue weighted by Crippen LogP contribution is 2.34. The second kappa shape index (κ2) is 6.68. The van der Waals surface area contributed by atoms with E-state index in [0.29, 0.717) is 0 Å². The Hall–Kier alpha value is -2.29. The topological polar surface area (TPSA) is 87.8 Å². The number of hydrogen-bond acceptors (Lipinski definition) is 7. The highest BCUT2D eigenvalue weighted by molar-refractivity contribution is 5.88. The van der Waals surface area contributed by atoms with Crippen LogP contribution in [-0.2, 0) is 11.3 Å². The number of nitrogens with one attached hydrogen (secondary N) is 1. The quantitative estimate of drug-likeness (QED) is 0.860. The molecule has 2 aliphatic rings. The Labute approximate surface area is 139 Å². The Morgan fingerprint density at radius 3 is 3.04 bits per heavy atom. The van der Waals surface area contributed by atoms with Crippen molar-refractivity contribution in [1.82, 2.24) is 19.7 Å². The molecule has 2 aliphatic heterocycles. The predicted octanol–water partition coefficient (Wildman–Crippen LogP) is 0.722. The van der Waals surface area contributed by atoms with Crippen molar-refractivity contribution in [2.75, 3.05) is 38.2 Å². The summed E-state index contributed by atoms with van der Waals surface area (Å²) < 4.78 is 7.29. The lowest BCUT2D eigenvalue weighted by Gasteiger charge is -2.26. The molecule has 8 heteroatoms. The van der Waals surface area contributed by atoms with E-state index in [1.807, 2.05) is 17.1 Å². The van der Waals surface area contributed by atoms with Gasteiger partial charge in [-0.1, -0.05) is 0 Å². The number of hydrogen-bond donors (Lipinski definition) is 2. The van der Waals surface area contributed by atoms with E-state index in [-0.39, 0.29) is 0 Å². The highest BCUT2D eigenvalue weighted by Gasteiger charge is 2.20. The number of morpholine rings is 1. The van der Waals surface area contributed by atoms with Gasteiger partial charge in [0.2, 0.25) is 0 Å². The third-order valence-corrected chi connectivity index (χ3v) is 4.34. The lowest BCUT2D eigenvalue weighted by molar-refractivity contribution is 0.0360. The van der Waals surface area contributed by atoms with Crippen molar-refractivity contribution < 1.29 is 9.84 Å². The van der Waals surface area contributed by atoms with Gasteiger partial charge in [-0.25, -0.2) is 4.99 Å². The summed E-state index contributed by atoms with van der Waals surface area (Å²) in [6.45, 7) is 5.34. The number of anilines is 1. The Bertz CT molecular complexity index is 738. The van der Waals surface area contributed by atoms with E-state index in [9.17, 15) is 5.11 Å². The summed E-state index contributed by atoms with van der Waals surface area (Å²) in [6.07, 6.45) is 6.13. The first-order valence-corrected chi connectivity index (χ1v) is 8.09. The Balaban J connectivity index is 1.50. The fraction of sp³-hybridized carbons (Fsp3) is 0.438. The average Bonchev–Trinajstić information content (AvgIpc) is 3.10. The number of aliphatic hydroxyl groups is 1. The molecule has 0 spiro atoms. The normalized spacial score (nSPS) is 20.6. The van der Waals surface area contributed by atoms with Crippen molar-refractivity contribution in [1.29, 1.82) is 0 Å². The average molecular weight is 328 g/mol. The van der Waals surface area contributed by atoms with Gasteiger partial charge < -0.3 is 15.2 Å². The number of aliphatic hydroxyl groups excluding tert-OH is 1. The maximum Gasteiger partial charge on any atom is 0.175 e. The number of fused-ring (bicyclic) bond motifs is 1. The zero-order valence-electron chi connectivity index (χ0n) is 13.3. The lowest BCUT2D eigenvalue weighted by atomic mass is 10.1. The Morgan fingerprint density at radius 2 is 2.17 bits per heavy atom. The van der Waals surface area contributed by atoms with E-state index in [1.54, 1.807) is 12.3 Å². The molecule has 4 rings (SSSR count). The van der Waals surface area contributed by atoms with E-state index in [0.717, 1.165) is 61.9 Å². The minimum Gasteiger partial charge on any atom is -0.379 e. The molecule has 8 nitrogen and oxygen atoms in total. The largest absolute Gasteiger partial charge is 0.379 e. The molecule has 0 aromatic carbocycles. The van der Waals surface area contributed by atoms with Gasteiger partial charge in [-0.2, -0.15) is 5.10 Å². The first kappa shape index (κ1) is 15.3. The van der Waals surface area contributed by atoms with Gasteiger partial charge in [-0.05, 0) is 6.07 Å². The molecular weight excluding hydrogens is 308 g/mol. The summed E-state index contributed by atoms with van der Waals surface area (Å²) in [4.78, 5) is 10.8. The zero-order valence-corrected chi connectivity index (χ0v) is 13.3. The summed E-state index contributed by atoms with van der Waals surface area (Å²) in [5.41, 5.74) is 3.20. The third kappa shape index (κ3) is 3.03. The molecule has 0 aliphatic carbocycles. The van der Waals surface area contributed by atoms with Crippen LogP contribution in [0.25, 0.3) is 11.3 Å². The van der Waals surface area contributed by atoms with Crippen LogP contribution in [0.1, 0.15) is 11.8 Å². The Kier molecular flexibility index (Phi) is 4.24. The van der Waals surface area contributed by atoms with Gasteiger partial charge in [0.15, 0.2) is 6.23 Å². The van der Waals surface area contributed by atoms with Gasteiger partial charge in [-0.15, -0.1) is 0 Å². The smallest absolute Gasteiger partial charge is 0.175 e. The van der Waals surface area contributed by atoms with E-state index in [2.05, 4.69) is 25.3 Å². The van der Waals surface area contributed by atoms with Crippen molar-refractivity contribution in [3.05, 3.63) is 30.2 Å². The number of rotatable bonds is 4. The minimum atomic E-state index is -0.848. The van der Waals surface area contributed by atoms with Crippen LogP contribution in [0, 0.1) is 0 Å². The summed E-state index contributed by atoms with van der Waals surface area (Å²) in [6, 6.07) is 1.77. The van der Waals surface area contributed by atoms with Crippen LogP contribution in [0.2, 0.25) is 0 Å². The molecule has 2 N–H and O–H groups in total. The van der Waals surface area contributed by atoms with Gasteiger partial charge in [0.05, 0.1) is 43.7 Å². The first-order valence-electron chi connectivity index (χ1n) is 8.09. The summed E-state index contributed by atoms with van der Waals surface area (Å²) >= 11 is 0. The summed E-state index contributed by atoms with van der Waals surface area (Å²) in [5.74, 6) is 0. The monoisotopic (exact) mass is 328 g/mol. The SMILES string of the molecule is OC1N=CNc2c1ccnc2-c1cnn(CCN2CCOCC2)c1. The molecule has 1 atom stereocenters. The van der Waals surface area contributed by atoms with E-state index < -0.39 is 6.23 Å². The molecule has 24 heavy (non-hydrogen) atoms. The van der Waals surface area contributed by atoms with Gasteiger partial charge in [0.1, 0.15) is 0 Å². The minimum absolute atomic E-state index is 0.726. The molecule has 0 radical (unpaired) electrons. The van der Waals surface area contributed by atoms with Crippen molar-refractivity contribution >= 4 is 12.0 Å². The fourth-order valence-corrected chi connectivity index (χ4v) is 2.99. The van der Waals surface area contributed by atoms with Crippen molar-refractivity contribution in [2.24, 2.45) is 4.99 Å². The third-order valence-electron chi connectivity index (χ3n) is 4.34. The van der Waals surface area contributed by atoms with E-state index in [4.69, 9.17) is 4.74 Å². The van der Waals surface area contributed by atoms with Crippen LogP contribution in [0.15, 0.2) is 29.6 Å². The second-order valence-electron chi connectivity index (χ2n) is 5.87. The molecule has 0 bridgehead atoms. The molecule has 0 saturated carbocycles. The molecule has 4 heterocycles. The standard InChI is InChI=1S/C16H20N6O2/c23-16-13-1-2-17-14(15(13)18-11-19-16)12-9-20-22(10-12)4-3-21-5-7-24-8-6-21/h1-2,9-11,16,23H,3-8H2,(H,18,19). The Morgan fingerprint density at radius 1 is 1.29 bits per heavy atom. The van der Waals surface area contributed by atoms with E-state index in [1.165, 1.54) is 6.34 Å². The molecule has 1 saturated heterocycles. The summed E-state index contributed by atoms with van der Waals surface area (Å²) in [5, 5.41) is 17.5. The molecule has 2 aromatic rings. The van der Waals surface area contributed by atoms with Crippen LogP contribution >= 0.6 is 0 Å². The molecule has 126 valence electrons. The number of pyridine rings is 1. The zero-order chi connectivity index (χ0) is 16.4. The highest BCUT2D eigenvalue weighted by atomic mass is 16.5. The molecule has 1 fully saturated rings. The second-order valence-corrected chi connectivity index (χ2v) is 5.87. The molecule has 1 unspecified atom stereocenters. The van der Waals surface area contributed by atoms with Crippen molar-refractivity contribution in [3.63, 3.8) is 0 Å². The van der Waals surface area contributed by atoms with Crippen molar-refractivity contribution in [3.8, 4) is 11.3 Å².